The van der Waals surface area contributed by atoms with E-state index in [-0.39, 0.29) is 11.2 Å². The first-order chi connectivity index (χ1) is 12.1. The van der Waals surface area contributed by atoms with Gasteiger partial charge in [-0.25, -0.2) is 0 Å². The highest BCUT2D eigenvalue weighted by Gasteiger charge is 2.25. The van der Waals surface area contributed by atoms with Crippen molar-refractivity contribution in [2.75, 3.05) is 5.32 Å². The minimum atomic E-state index is -0.174. The molecule has 1 saturated carbocycles. The Kier molecular flexibility index (Phi) is 6.31. The number of rotatable bonds is 6. The highest BCUT2D eigenvalue weighted by molar-refractivity contribution is 8.02. The number of amides is 1. The Balaban J connectivity index is 1.52. The monoisotopic (exact) mass is 376 g/mol. The minimum Gasteiger partial charge on any atom is -0.352 e. The fourth-order valence-electron chi connectivity index (χ4n) is 2.99. The SMILES string of the molecule is C[C@@H]1CCCC[C@H]1NC(=O)[C@@H](C)Sc1nnc(Nc2ccccc2)s1. The molecule has 1 aliphatic carbocycles. The van der Waals surface area contributed by atoms with Gasteiger partial charge in [-0.15, -0.1) is 10.2 Å². The van der Waals surface area contributed by atoms with Crippen molar-refractivity contribution in [3.63, 3.8) is 0 Å². The molecule has 1 amide bonds. The summed E-state index contributed by atoms with van der Waals surface area (Å²) < 4.78 is 0.803. The van der Waals surface area contributed by atoms with Gasteiger partial charge >= 0.3 is 0 Å². The van der Waals surface area contributed by atoms with Gasteiger partial charge < -0.3 is 10.6 Å². The first-order valence-electron chi connectivity index (χ1n) is 8.74. The fourth-order valence-corrected chi connectivity index (χ4v) is 4.91. The average Bonchev–Trinajstić information content (AvgIpc) is 3.04. The van der Waals surface area contributed by atoms with Crippen molar-refractivity contribution in [3.8, 4) is 0 Å². The molecule has 1 fully saturated rings. The zero-order chi connectivity index (χ0) is 17.6. The Hall–Kier alpha value is -1.60. The maximum atomic E-state index is 12.5. The molecule has 3 atom stereocenters. The second-order valence-corrected chi connectivity index (χ2v) is 9.07. The van der Waals surface area contributed by atoms with Gasteiger partial charge in [0.1, 0.15) is 0 Å². The number of thioether (sulfide) groups is 1. The average molecular weight is 377 g/mol. The number of nitrogens with zero attached hydrogens (tertiary/aromatic N) is 2. The molecule has 2 N–H and O–H groups in total. The predicted octanol–water partition coefficient (Wildman–Crippen LogP) is 4.46. The van der Waals surface area contributed by atoms with E-state index in [0.717, 1.165) is 21.6 Å². The molecule has 3 rings (SSSR count). The van der Waals surface area contributed by atoms with E-state index in [9.17, 15) is 4.79 Å². The topological polar surface area (TPSA) is 66.9 Å². The maximum Gasteiger partial charge on any atom is 0.233 e. The molecular formula is C18H24N4OS2. The van der Waals surface area contributed by atoms with Crippen LogP contribution in [0.25, 0.3) is 0 Å². The van der Waals surface area contributed by atoms with Gasteiger partial charge in [-0.05, 0) is 37.8 Å². The Morgan fingerprint density at radius 2 is 2.00 bits per heavy atom. The van der Waals surface area contributed by atoms with E-state index < -0.39 is 0 Å². The number of carbonyl (C=O) groups is 1. The van der Waals surface area contributed by atoms with Crippen LogP contribution in [0.4, 0.5) is 10.8 Å². The number of carbonyl (C=O) groups excluding carboxylic acids is 1. The highest BCUT2D eigenvalue weighted by atomic mass is 32.2. The molecule has 1 aromatic heterocycles. The lowest BCUT2D eigenvalue weighted by Crippen LogP contribution is -2.44. The molecule has 0 saturated heterocycles. The molecule has 5 nitrogen and oxygen atoms in total. The molecule has 134 valence electrons. The molecule has 1 heterocycles. The van der Waals surface area contributed by atoms with Crippen molar-refractivity contribution in [2.45, 2.75) is 55.2 Å². The second-order valence-electron chi connectivity index (χ2n) is 6.50. The third-order valence-corrected chi connectivity index (χ3v) is 6.54. The molecule has 1 aliphatic rings. The van der Waals surface area contributed by atoms with Crippen molar-refractivity contribution >= 4 is 39.8 Å². The summed E-state index contributed by atoms with van der Waals surface area (Å²) in [7, 11) is 0. The summed E-state index contributed by atoms with van der Waals surface area (Å²) in [6.45, 7) is 4.16. The van der Waals surface area contributed by atoms with Crippen LogP contribution in [0.3, 0.4) is 0 Å². The Morgan fingerprint density at radius 1 is 1.24 bits per heavy atom. The lowest BCUT2D eigenvalue weighted by molar-refractivity contribution is -0.121. The third kappa shape index (κ3) is 5.19. The van der Waals surface area contributed by atoms with Crippen LogP contribution in [0.15, 0.2) is 34.7 Å². The van der Waals surface area contributed by atoms with Gasteiger partial charge in [0.05, 0.1) is 5.25 Å². The smallest absolute Gasteiger partial charge is 0.233 e. The molecule has 0 aliphatic heterocycles. The highest BCUT2D eigenvalue weighted by Crippen LogP contribution is 2.31. The van der Waals surface area contributed by atoms with E-state index in [4.69, 9.17) is 0 Å². The largest absolute Gasteiger partial charge is 0.352 e. The van der Waals surface area contributed by atoms with Crippen molar-refractivity contribution in [2.24, 2.45) is 5.92 Å². The van der Waals surface area contributed by atoms with E-state index >= 15 is 0 Å². The standard InChI is InChI=1S/C18H24N4OS2/c1-12-8-6-7-11-15(12)20-16(23)13(2)24-18-22-21-17(25-18)19-14-9-4-3-5-10-14/h3-5,9-10,12-13,15H,6-8,11H2,1-2H3,(H,19,21)(H,20,23)/t12-,13-,15-/m1/s1. The van der Waals surface area contributed by atoms with Crippen molar-refractivity contribution in [3.05, 3.63) is 30.3 Å². The summed E-state index contributed by atoms with van der Waals surface area (Å²) in [5.74, 6) is 0.662. The van der Waals surface area contributed by atoms with Gasteiger partial charge in [-0.2, -0.15) is 0 Å². The maximum absolute atomic E-state index is 12.5. The molecule has 0 spiro atoms. The number of anilines is 2. The Labute approximate surface area is 157 Å². The molecule has 25 heavy (non-hydrogen) atoms. The molecular weight excluding hydrogens is 352 g/mol. The predicted molar refractivity (Wildman–Crippen MR) is 105 cm³/mol. The van der Waals surface area contributed by atoms with Gasteiger partial charge in [0.15, 0.2) is 4.34 Å². The van der Waals surface area contributed by atoms with Gasteiger partial charge in [-0.1, -0.05) is 61.1 Å². The molecule has 7 heteroatoms. The van der Waals surface area contributed by atoms with Crippen LogP contribution in [0.1, 0.15) is 39.5 Å². The quantitative estimate of drug-likeness (QED) is 0.729. The van der Waals surface area contributed by atoms with Gasteiger partial charge in [0.2, 0.25) is 11.0 Å². The molecule has 2 aromatic rings. The normalized spacial score (nSPS) is 21.5. The zero-order valence-corrected chi connectivity index (χ0v) is 16.2. The minimum absolute atomic E-state index is 0.0940. The van der Waals surface area contributed by atoms with Gasteiger partial charge in [-0.3, -0.25) is 4.79 Å². The van der Waals surface area contributed by atoms with Crippen LogP contribution in [-0.4, -0.2) is 27.4 Å². The number of benzene rings is 1. The number of nitrogens with one attached hydrogen (secondary N) is 2. The summed E-state index contributed by atoms with van der Waals surface area (Å²) in [4.78, 5) is 12.5. The summed E-state index contributed by atoms with van der Waals surface area (Å²) in [5.41, 5.74) is 0.979. The van der Waals surface area contributed by atoms with E-state index in [0.29, 0.717) is 12.0 Å². The zero-order valence-electron chi connectivity index (χ0n) is 14.6. The summed E-state index contributed by atoms with van der Waals surface area (Å²) >= 11 is 2.94. The van der Waals surface area contributed by atoms with E-state index in [2.05, 4.69) is 27.8 Å². The van der Waals surface area contributed by atoms with Crippen LogP contribution in [0.2, 0.25) is 0 Å². The molecule has 0 bridgehead atoms. The number of para-hydroxylation sites is 1. The van der Waals surface area contributed by atoms with Crippen LogP contribution in [0, 0.1) is 5.92 Å². The van der Waals surface area contributed by atoms with Crippen LogP contribution < -0.4 is 10.6 Å². The fraction of sp³-hybridized carbons (Fsp3) is 0.500. The lowest BCUT2D eigenvalue weighted by atomic mass is 9.86. The molecule has 0 unspecified atom stereocenters. The second kappa shape index (κ2) is 8.67. The van der Waals surface area contributed by atoms with E-state index in [1.54, 1.807) is 0 Å². The van der Waals surface area contributed by atoms with Crippen molar-refractivity contribution in [1.82, 2.24) is 15.5 Å². The summed E-state index contributed by atoms with van der Waals surface area (Å²) in [6, 6.07) is 10.2. The van der Waals surface area contributed by atoms with E-state index in [1.807, 2.05) is 37.3 Å². The van der Waals surface area contributed by atoms with Gasteiger partial charge in [0, 0.05) is 11.7 Å². The number of hydrogen-bond donors (Lipinski definition) is 2. The van der Waals surface area contributed by atoms with Gasteiger partial charge in [0.25, 0.3) is 0 Å². The Morgan fingerprint density at radius 3 is 2.76 bits per heavy atom. The van der Waals surface area contributed by atoms with E-state index in [1.165, 1.54) is 42.4 Å². The number of aromatic nitrogens is 2. The van der Waals surface area contributed by atoms with Crippen LogP contribution in [0.5, 0.6) is 0 Å². The first-order valence-corrected chi connectivity index (χ1v) is 10.4. The molecule has 0 radical (unpaired) electrons. The molecule has 1 aromatic carbocycles. The van der Waals surface area contributed by atoms with Crippen molar-refractivity contribution in [1.29, 1.82) is 0 Å². The van der Waals surface area contributed by atoms with Crippen LogP contribution >= 0.6 is 23.1 Å². The summed E-state index contributed by atoms with van der Waals surface area (Å²) in [5, 5.41) is 15.4. The van der Waals surface area contributed by atoms with Crippen LogP contribution in [-0.2, 0) is 4.79 Å². The first kappa shape index (κ1) is 18.2. The number of hydrogen-bond acceptors (Lipinski definition) is 6. The Bertz CT molecular complexity index is 691. The van der Waals surface area contributed by atoms with Crippen molar-refractivity contribution < 1.29 is 4.79 Å². The summed E-state index contributed by atoms with van der Waals surface area (Å²) in [6.07, 6.45) is 4.78. The lowest BCUT2D eigenvalue weighted by Gasteiger charge is -2.30. The third-order valence-electron chi connectivity index (χ3n) is 4.52.